The third-order valence-corrected chi connectivity index (χ3v) is 4.10. The number of ether oxygens (including phenoxy) is 1. The molecule has 3 nitrogen and oxygen atoms in total. The van der Waals surface area contributed by atoms with Crippen LogP contribution in [0.5, 0.6) is 5.75 Å². The van der Waals surface area contributed by atoms with Crippen molar-refractivity contribution in [2.45, 2.75) is 51.2 Å². The SMILES string of the molecule is CNC(C)c1cc(C)ccc1OCC1(O)CCCC1. The third-order valence-electron chi connectivity index (χ3n) is 4.10. The molecular formula is C16H25NO2. The molecule has 0 amide bonds. The Morgan fingerprint density at radius 2 is 2.05 bits per heavy atom. The minimum Gasteiger partial charge on any atom is -0.490 e. The van der Waals surface area contributed by atoms with Crippen molar-refractivity contribution in [2.75, 3.05) is 13.7 Å². The zero-order valence-corrected chi connectivity index (χ0v) is 12.2. The van der Waals surface area contributed by atoms with Gasteiger partial charge in [-0.25, -0.2) is 0 Å². The van der Waals surface area contributed by atoms with Crippen LogP contribution in [0, 0.1) is 6.92 Å². The standard InChI is InChI=1S/C16H25NO2/c1-12-6-7-15(14(10-12)13(2)17-3)19-11-16(18)8-4-5-9-16/h6-7,10,13,17-18H,4-5,8-9,11H2,1-3H3. The van der Waals surface area contributed by atoms with Crippen molar-refractivity contribution in [1.82, 2.24) is 5.32 Å². The minimum atomic E-state index is -0.620. The molecule has 1 fully saturated rings. The van der Waals surface area contributed by atoms with E-state index in [-0.39, 0.29) is 6.04 Å². The molecule has 0 saturated heterocycles. The summed E-state index contributed by atoms with van der Waals surface area (Å²) in [6.45, 7) is 4.60. The summed E-state index contributed by atoms with van der Waals surface area (Å²) >= 11 is 0. The first kappa shape index (κ1) is 14.4. The van der Waals surface area contributed by atoms with Crippen molar-refractivity contribution in [3.63, 3.8) is 0 Å². The van der Waals surface area contributed by atoms with Gasteiger partial charge in [0.05, 0.1) is 5.60 Å². The lowest BCUT2D eigenvalue weighted by Crippen LogP contribution is -2.32. The summed E-state index contributed by atoms with van der Waals surface area (Å²) < 4.78 is 5.91. The molecule has 1 atom stereocenters. The molecule has 106 valence electrons. The van der Waals surface area contributed by atoms with Gasteiger partial charge in [-0.05, 0) is 39.8 Å². The predicted molar refractivity (Wildman–Crippen MR) is 77.6 cm³/mol. The largest absolute Gasteiger partial charge is 0.490 e. The van der Waals surface area contributed by atoms with E-state index in [2.05, 4.69) is 31.3 Å². The van der Waals surface area contributed by atoms with E-state index in [0.29, 0.717) is 6.61 Å². The van der Waals surface area contributed by atoms with Crippen LogP contribution >= 0.6 is 0 Å². The summed E-state index contributed by atoms with van der Waals surface area (Å²) in [5, 5.41) is 13.6. The summed E-state index contributed by atoms with van der Waals surface area (Å²) in [5.41, 5.74) is 1.76. The Morgan fingerprint density at radius 1 is 1.37 bits per heavy atom. The summed E-state index contributed by atoms with van der Waals surface area (Å²) in [4.78, 5) is 0. The number of aliphatic hydroxyl groups is 1. The number of aryl methyl sites for hydroxylation is 1. The van der Waals surface area contributed by atoms with Crippen LogP contribution in [0.2, 0.25) is 0 Å². The van der Waals surface area contributed by atoms with E-state index in [9.17, 15) is 5.11 Å². The highest BCUT2D eigenvalue weighted by Crippen LogP contribution is 2.32. The van der Waals surface area contributed by atoms with Crippen LogP contribution in [0.25, 0.3) is 0 Å². The topological polar surface area (TPSA) is 41.5 Å². The van der Waals surface area contributed by atoms with Gasteiger partial charge in [0.2, 0.25) is 0 Å². The molecule has 1 aromatic carbocycles. The lowest BCUT2D eigenvalue weighted by Gasteiger charge is -2.24. The molecule has 0 radical (unpaired) electrons. The second-order valence-electron chi connectivity index (χ2n) is 5.77. The van der Waals surface area contributed by atoms with Gasteiger partial charge in [0, 0.05) is 11.6 Å². The zero-order valence-electron chi connectivity index (χ0n) is 12.2. The van der Waals surface area contributed by atoms with Gasteiger partial charge in [0.15, 0.2) is 0 Å². The van der Waals surface area contributed by atoms with E-state index in [0.717, 1.165) is 37.0 Å². The first-order chi connectivity index (χ1) is 9.04. The van der Waals surface area contributed by atoms with Gasteiger partial charge in [0.25, 0.3) is 0 Å². The van der Waals surface area contributed by atoms with Crippen LogP contribution in [0.1, 0.15) is 49.8 Å². The quantitative estimate of drug-likeness (QED) is 0.858. The fourth-order valence-corrected chi connectivity index (χ4v) is 2.68. The van der Waals surface area contributed by atoms with Gasteiger partial charge in [-0.15, -0.1) is 0 Å². The summed E-state index contributed by atoms with van der Waals surface area (Å²) in [5.74, 6) is 0.882. The molecular weight excluding hydrogens is 238 g/mol. The van der Waals surface area contributed by atoms with Crippen LogP contribution in [0.3, 0.4) is 0 Å². The lowest BCUT2D eigenvalue weighted by atomic mass is 10.0. The lowest BCUT2D eigenvalue weighted by molar-refractivity contribution is 0.00102. The summed E-state index contributed by atoms with van der Waals surface area (Å²) in [6, 6.07) is 6.46. The number of nitrogens with one attached hydrogen (secondary N) is 1. The number of rotatable bonds is 5. The van der Waals surface area contributed by atoms with Gasteiger partial charge in [-0.3, -0.25) is 0 Å². The number of hydrogen-bond donors (Lipinski definition) is 2. The van der Waals surface area contributed by atoms with E-state index >= 15 is 0 Å². The molecule has 0 aromatic heterocycles. The molecule has 1 aliphatic carbocycles. The molecule has 1 saturated carbocycles. The molecule has 2 N–H and O–H groups in total. The van der Waals surface area contributed by atoms with E-state index in [4.69, 9.17) is 4.74 Å². The Kier molecular flexibility index (Phi) is 4.48. The Labute approximate surface area is 116 Å². The Hall–Kier alpha value is -1.06. The van der Waals surface area contributed by atoms with Gasteiger partial charge in [-0.2, -0.15) is 0 Å². The van der Waals surface area contributed by atoms with E-state index in [1.54, 1.807) is 0 Å². The molecule has 0 spiro atoms. The number of hydrogen-bond acceptors (Lipinski definition) is 3. The summed E-state index contributed by atoms with van der Waals surface area (Å²) in [7, 11) is 1.95. The van der Waals surface area contributed by atoms with Crippen molar-refractivity contribution in [1.29, 1.82) is 0 Å². The van der Waals surface area contributed by atoms with Crippen molar-refractivity contribution in [3.8, 4) is 5.75 Å². The Balaban J connectivity index is 2.10. The second-order valence-corrected chi connectivity index (χ2v) is 5.77. The highest BCUT2D eigenvalue weighted by atomic mass is 16.5. The molecule has 19 heavy (non-hydrogen) atoms. The zero-order chi connectivity index (χ0) is 13.9. The number of benzene rings is 1. The fraction of sp³-hybridized carbons (Fsp3) is 0.625. The van der Waals surface area contributed by atoms with Crippen LogP contribution < -0.4 is 10.1 Å². The maximum atomic E-state index is 10.4. The van der Waals surface area contributed by atoms with Crippen molar-refractivity contribution < 1.29 is 9.84 Å². The molecule has 1 aliphatic rings. The average Bonchev–Trinajstić information content (AvgIpc) is 2.83. The Bertz CT molecular complexity index is 425. The van der Waals surface area contributed by atoms with Crippen LogP contribution in [0.4, 0.5) is 0 Å². The second kappa shape index (κ2) is 5.93. The molecule has 1 unspecified atom stereocenters. The Morgan fingerprint density at radius 3 is 2.68 bits per heavy atom. The minimum absolute atomic E-state index is 0.244. The molecule has 1 aromatic rings. The molecule has 0 heterocycles. The van der Waals surface area contributed by atoms with Crippen molar-refractivity contribution in [2.24, 2.45) is 0 Å². The van der Waals surface area contributed by atoms with Crippen LogP contribution in [-0.4, -0.2) is 24.4 Å². The fourth-order valence-electron chi connectivity index (χ4n) is 2.68. The average molecular weight is 263 g/mol. The van der Waals surface area contributed by atoms with Crippen molar-refractivity contribution in [3.05, 3.63) is 29.3 Å². The highest BCUT2D eigenvalue weighted by molar-refractivity contribution is 5.39. The van der Waals surface area contributed by atoms with Gasteiger partial charge < -0.3 is 15.2 Å². The van der Waals surface area contributed by atoms with Crippen LogP contribution in [0.15, 0.2) is 18.2 Å². The monoisotopic (exact) mass is 263 g/mol. The van der Waals surface area contributed by atoms with Crippen LogP contribution in [-0.2, 0) is 0 Å². The first-order valence-electron chi connectivity index (χ1n) is 7.17. The predicted octanol–water partition coefficient (Wildman–Crippen LogP) is 2.96. The molecule has 2 rings (SSSR count). The van der Waals surface area contributed by atoms with Gasteiger partial charge >= 0.3 is 0 Å². The van der Waals surface area contributed by atoms with E-state index in [1.807, 2.05) is 13.1 Å². The molecule has 0 bridgehead atoms. The maximum absolute atomic E-state index is 10.4. The van der Waals surface area contributed by atoms with Gasteiger partial charge in [0.1, 0.15) is 12.4 Å². The summed E-state index contributed by atoms with van der Waals surface area (Å²) in [6.07, 6.45) is 3.92. The van der Waals surface area contributed by atoms with Gasteiger partial charge in [-0.1, -0.05) is 30.5 Å². The maximum Gasteiger partial charge on any atom is 0.124 e. The molecule has 3 heteroatoms. The normalized spacial score (nSPS) is 19.4. The third kappa shape index (κ3) is 3.48. The van der Waals surface area contributed by atoms with E-state index in [1.165, 1.54) is 5.56 Å². The van der Waals surface area contributed by atoms with E-state index < -0.39 is 5.60 Å². The highest BCUT2D eigenvalue weighted by Gasteiger charge is 2.32. The smallest absolute Gasteiger partial charge is 0.124 e. The molecule has 0 aliphatic heterocycles. The van der Waals surface area contributed by atoms with Crippen molar-refractivity contribution >= 4 is 0 Å². The first-order valence-corrected chi connectivity index (χ1v) is 7.17.